The second-order valence-corrected chi connectivity index (χ2v) is 3.61. The molecule has 0 aliphatic rings. The summed E-state index contributed by atoms with van der Waals surface area (Å²) >= 11 is 0. The Morgan fingerprint density at radius 1 is 1.24 bits per heavy atom. The van der Waals surface area contributed by atoms with E-state index in [9.17, 15) is 13.2 Å². The molecule has 0 aliphatic heterocycles. The molecule has 0 aromatic heterocycles. The highest BCUT2D eigenvalue weighted by molar-refractivity contribution is 5.23. The maximum Gasteiger partial charge on any atom is 0.161 e. The van der Waals surface area contributed by atoms with Crippen molar-refractivity contribution in [3.05, 3.63) is 47.8 Å². The van der Waals surface area contributed by atoms with Crippen molar-refractivity contribution in [3.8, 4) is 0 Å². The summed E-state index contributed by atoms with van der Waals surface area (Å²) in [5.74, 6) is -3.08. The highest BCUT2D eigenvalue weighted by Crippen LogP contribution is 2.19. The van der Waals surface area contributed by atoms with E-state index in [1.165, 1.54) is 0 Å². The average molecular weight is 244 g/mol. The maximum atomic E-state index is 13.5. The first-order valence-electron chi connectivity index (χ1n) is 5.29. The van der Waals surface area contributed by atoms with E-state index < -0.39 is 23.5 Å². The molecule has 0 radical (unpaired) electrons. The van der Waals surface area contributed by atoms with Gasteiger partial charge in [0.05, 0.1) is 0 Å². The van der Waals surface area contributed by atoms with Crippen LogP contribution in [0.1, 0.15) is 18.0 Å². The minimum Gasteiger partial charge on any atom is -0.329 e. The van der Waals surface area contributed by atoms with Gasteiger partial charge in [0.1, 0.15) is 5.82 Å². The first-order chi connectivity index (χ1) is 8.10. The Kier molecular flexibility index (Phi) is 5.18. The van der Waals surface area contributed by atoms with Gasteiger partial charge >= 0.3 is 0 Å². The average Bonchev–Trinajstić information content (AvgIpc) is 2.30. The highest BCUT2D eigenvalue weighted by Gasteiger charge is 2.17. The lowest BCUT2D eigenvalue weighted by Gasteiger charge is -2.17. The summed E-state index contributed by atoms with van der Waals surface area (Å²) in [6, 6.07) is 0.830. The zero-order valence-electron chi connectivity index (χ0n) is 9.35. The van der Waals surface area contributed by atoms with E-state index in [0.29, 0.717) is 19.0 Å². The van der Waals surface area contributed by atoms with Crippen molar-refractivity contribution >= 4 is 0 Å². The Morgan fingerprint density at radius 2 is 1.88 bits per heavy atom. The SMILES string of the molecule is C=CCCNC(CN)c1cc(F)c(F)cc1F. The van der Waals surface area contributed by atoms with E-state index in [-0.39, 0.29) is 12.1 Å². The van der Waals surface area contributed by atoms with Gasteiger partial charge in [0.2, 0.25) is 0 Å². The molecule has 5 heteroatoms. The lowest BCUT2D eigenvalue weighted by atomic mass is 10.1. The third kappa shape index (κ3) is 3.57. The van der Waals surface area contributed by atoms with Gasteiger partial charge < -0.3 is 11.1 Å². The highest BCUT2D eigenvalue weighted by atomic mass is 19.2. The van der Waals surface area contributed by atoms with E-state index in [4.69, 9.17) is 5.73 Å². The standard InChI is InChI=1S/C12H15F3N2/c1-2-3-4-17-12(7-16)8-5-10(14)11(15)6-9(8)13/h2,5-6,12,17H,1,3-4,7,16H2. The molecule has 1 rings (SSSR count). The predicted molar refractivity (Wildman–Crippen MR) is 60.9 cm³/mol. The number of halogens is 3. The van der Waals surface area contributed by atoms with Crippen LogP contribution < -0.4 is 11.1 Å². The second-order valence-electron chi connectivity index (χ2n) is 3.61. The molecule has 1 unspecified atom stereocenters. The van der Waals surface area contributed by atoms with Gasteiger partial charge in [-0.15, -0.1) is 6.58 Å². The summed E-state index contributed by atoms with van der Waals surface area (Å²) in [6.07, 6.45) is 2.38. The van der Waals surface area contributed by atoms with Gasteiger partial charge in [-0.3, -0.25) is 0 Å². The lowest BCUT2D eigenvalue weighted by Crippen LogP contribution is -2.29. The van der Waals surface area contributed by atoms with E-state index in [1.807, 2.05) is 0 Å². The lowest BCUT2D eigenvalue weighted by molar-refractivity contribution is 0.468. The fourth-order valence-corrected chi connectivity index (χ4v) is 1.48. The smallest absolute Gasteiger partial charge is 0.161 e. The quantitative estimate of drug-likeness (QED) is 0.457. The van der Waals surface area contributed by atoms with Crippen molar-refractivity contribution in [2.24, 2.45) is 5.73 Å². The number of rotatable bonds is 6. The van der Waals surface area contributed by atoms with Crippen LogP contribution in [0, 0.1) is 17.5 Å². The van der Waals surface area contributed by atoms with Crippen LogP contribution in [-0.2, 0) is 0 Å². The van der Waals surface area contributed by atoms with Crippen LogP contribution in [0.2, 0.25) is 0 Å². The van der Waals surface area contributed by atoms with Gasteiger partial charge in [0.15, 0.2) is 11.6 Å². The van der Waals surface area contributed by atoms with E-state index >= 15 is 0 Å². The number of nitrogens with one attached hydrogen (secondary N) is 1. The summed E-state index contributed by atoms with van der Waals surface area (Å²) in [7, 11) is 0. The molecule has 0 aliphatic carbocycles. The summed E-state index contributed by atoms with van der Waals surface area (Å²) in [4.78, 5) is 0. The van der Waals surface area contributed by atoms with Gasteiger partial charge in [-0.05, 0) is 19.0 Å². The minimum atomic E-state index is -1.20. The molecule has 0 fully saturated rings. The van der Waals surface area contributed by atoms with Gasteiger partial charge in [0.25, 0.3) is 0 Å². The Balaban J connectivity index is 2.87. The van der Waals surface area contributed by atoms with Crippen molar-refractivity contribution in [2.75, 3.05) is 13.1 Å². The van der Waals surface area contributed by atoms with Crippen LogP contribution in [0.5, 0.6) is 0 Å². The molecule has 1 aromatic carbocycles. The monoisotopic (exact) mass is 244 g/mol. The summed E-state index contributed by atoms with van der Waals surface area (Å²) < 4.78 is 39.2. The molecule has 3 N–H and O–H groups in total. The van der Waals surface area contributed by atoms with Gasteiger partial charge in [0, 0.05) is 24.2 Å². The van der Waals surface area contributed by atoms with Crippen molar-refractivity contribution < 1.29 is 13.2 Å². The molecular weight excluding hydrogens is 229 g/mol. The van der Waals surface area contributed by atoms with Crippen LogP contribution in [-0.4, -0.2) is 13.1 Å². The molecule has 0 spiro atoms. The topological polar surface area (TPSA) is 38.0 Å². The molecule has 0 amide bonds. The molecule has 2 nitrogen and oxygen atoms in total. The largest absolute Gasteiger partial charge is 0.329 e. The first-order valence-corrected chi connectivity index (χ1v) is 5.29. The third-order valence-electron chi connectivity index (χ3n) is 2.39. The minimum absolute atomic E-state index is 0.0375. The summed E-state index contributed by atoms with van der Waals surface area (Å²) in [6.45, 7) is 4.19. The summed E-state index contributed by atoms with van der Waals surface area (Å²) in [5, 5.41) is 2.95. The van der Waals surface area contributed by atoms with Crippen molar-refractivity contribution in [2.45, 2.75) is 12.5 Å². The Labute approximate surface area is 98.3 Å². The number of hydrogen-bond donors (Lipinski definition) is 2. The van der Waals surface area contributed by atoms with Crippen LogP contribution >= 0.6 is 0 Å². The second kappa shape index (κ2) is 6.42. The Morgan fingerprint density at radius 3 is 2.47 bits per heavy atom. The number of hydrogen-bond acceptors (Lipinski definition) is 2. The Bertz CT molecular complexity index is 394. The number of benzene rings is 1. The van der Waals surface area contributed by atoms with Gasteiger partial charge in [-0.1, -0.05) is 6.08 Å². The molecular formula is C12H15F3N2. The van der Waals surface area contributed by atoms with E-state index in [2.05, 4.69) is 11.9 Å². The Hall–Kier alpha value is -1.33. The first kappa shape index (κ1) is 13.7. The molecule has 0 saturated heterocycles. The number of nitrogens with two attached hydrogens (primary N) is 1. The van der Waals surface area contributed by atoms with Crippen LogP contribution in [0.25, 0.3) is 0 Å². The molecule has 94 valence electrons. The maximum absolute atomic E-state index is 13.5. The molecule has 0 bridgehead atoms. The van der Waals surface area contributed by atoms with Gasteiger partial charge in [-0.2, -0.15) is 0 Å². The zero-order chi connectivity index (χ0) is 12.8. The molecule has 0 heterocycles. The summed E-state index contributed by atoms with van der Waals surface area (Å²) in [5.41, 5.74) is 5.51. The fraction of sp³-hybridized carbons (Fsp3) is 0.333. The third-order valence-corrected chi connectivity index (χ3v) is 2.39. The van der Waals surface area contributed by atoms with Crippen LogP contribution in [0.4, 0.5) is 13.2 Å². The van der Waals surface area contributed by atoms with Gasteiger partial charge in [-0.25, -0.2) is 13.2 Å². The molecule has 17 heavy (non-hydrogen) atoms. The fourth-order valence-electron chi connectivity index (χ4n) is 1.48. The molecule has 1 aromatic rings. The van der Waals surface area contributed by atoms with E-state index in [0.717, 1.165) is 6.07 Å². The van der Waals surface area contributed by atoms with Crippen molar-refractivity contribution in [3.63, 3.8) is 0 Å². The van der Waals surface area contributed by atoms with Crippen LogP contribution in [0.3, 0.4) is 0 Å². The van der Waals surface area contributed by atoms with Crippen molar-refractivity contribution in [1.29, 1.82) is 0 Å². The molecule has 0 saturated carbocycles. The van der Waals surface area contributed by atoms with Crippen LogP contribution in [0.15, 0.2) is 24.8 Å². The normalized spacial score (nSPS) is 12.5. The van der Waals surface area contributed by atoms with E-state index in [1.54, 1.807) is 6.08 Å². The predicted octanol–water partition coefficient (Wildman–Crippen LogP) is 2.27. The molecule has 1 atom stereocenters. The zero-order valence-corrected chi connectivity index (χ0v) is 9.35. The van der Waals surface area contributed by atoms with Crippen molar-refractivity contribution in [1.82, 2.24) is 5.32 Å².